The Labute approximate surface area is 108 Å². The molecule has 1 saturated carbocycles. The SMILES string of the molecule is COc1ccc(CN)cc1CSC1CCCC1. The van der Waals surface area contributed by atoms with Crippen molar-refractivity contribution in [3.05, 3.63) is 29.3 Å². The van der Waals surface area contributed by atoms with Crippen LogP contribution in [0.2, 0.25) is 0 Å². The molecule has 0 bridgehead atoms. The van der Waals surface area contributed by atoms with E-state index in [0.29, 0.717) is 6.54 Å². The molecule has 0 spiro atoms. The second-order valence-electron chi connectivity index (χ2n) is 4.57. The second kappa shape index (κ2) is 6.31. The molecule has 2 N–H and O–H groups in total. The van der Waals surface area contributed by atoms with E-state index in [0.717, 1.165) is 16.8 Å². The average molecular weight is 251 g/mol. The van der Waals surface area contributed by atoms with Crippen molar-refractivity contribution in [2.45, 2.75) is 43.2 Å². The standard InChI is InChI=1S/C14H21NOS/c1-16-14-7-6-11(9-15)8-12(14)10-17-13-4-2-3-5-13/h6-8,13H,2-5,9-10,15H2,1H3. The van der Waals surface area contributed by atoms with Crippen LogP contribution in [0, 0.1) is 0 Å². The summed E-state index contributed by atoms with van der Waals surface area (Å²) in [5.74, 6) is 2.04. The highest BCUT2D eigenvalue weighted by atomic mass is 32.2. The summed E-state index contributed by atoms with van der Waals surface area (Å²) in [6.45, 7) is 0.602. The van der Waals surface area contributed by atoms with Gasteiger partial charge >= 0.3 is 0 Å². The first-order valence-electron chi connectivity index (χ1n) is 6.31. The van der Waals surface area contributed by atoms with E-state index in [1.807, 2.05) is 12.1 Å². The highest BCUT2D eigenvalue weighted by molar-refractivity contribution is 7.99. The van der Waals surface area contributed by atoms with Gasteiger partial charge < -0.3 is 10.5 Å². The number of nitrogens with two attached hydrogens (primary N) is 1. The van der Waals surface area contributed by atoms with Crippen LogP contribution in [0.5, 0.6) is 5.75 Å². The average Bonchev–Trinajstić information content (AvgIpc) is 2.89. The molecule has 0 radical (unpaired) electrons. The molecule has 1 aliphatic rings. The van der Waals surface area contributed by atoms with Crippen molar-refractivity contribution >= 4 is 11.8 Å². The topological polar surface area (TPSA) is 35.2 Å². The second-order valence-corrected chi connectivity index (χ2v) is 5.86. The third-order valence-electron chi connectivity index (χ3n) is 3.36. The van der Waals surface area contributed by atoms with Crippen LogP contribution in [0.15, 0.2) is 18.2 Å². The first-order valence-corrected chi connectivity index (χ1v) is 7.36. The highest BCUT2D eigenvalue weighted by Crippen LogP contribution is 2.33. The molecule has 2 nitrogen and oxygen atoms in total. The van der Waals surface area contributed by atoms with Crippen LogP contribution in [-0.4, -0.2) is 12.4 Å². The van der Waals surface area contributed by atoms with Crippen molar-refractivity contribution in [1.29, 1.82) is 0 Å². The zero-order valence-electron chi connectivity index (χ0n) is 10.4. The number of thioether (sulfide) groups is 1. The lowest BCUT2D eigenvalue weighted by atomic mass is 10.1. The Morgan fingerprint density at radius 2 is 2.12 bits per heavy atom. The van der Waals surface area contributed by atoms with Crippen molar-refractivity contribution in [1.82, 2.24) is 0 Å². The third kappa shape index (κ3) is 3.39. The predicted molar refractivity (Wildman–Crippen MR) is 74.4 cm³/mol. The van der Waals surface area contributed by atoms with Gasteiger partial charge in [0.1, 0.15) is 5.75 Å². The molecule has 17 heavy (non-hydrogen) atoms. The third-order valence-corrected chi connectivity index (χ3v) is 4.78. The van der Waals surface area contributed by atoms with Gasteiger partial charge in [0.2, 0.25) is 0 Å². The zero-order valence-corrected chi connectivity index (χ0v) is 11.3. The fraction of sp³-hybridized carbons (Fsp3) is 0.571. The van der Waals surface area contributed by atoms with Gasteiger partial charge in [0.05, 0.1) is 7.11 Å². The Balaban J connectivity index is 2.01. The summed E-state index contributed by atoms with van der Waals surface area (Å²) < 4.78 is 5.41. The van der Waals surface area contributed by atoms with Gasteiger partial charge in [0.25, 0.3) is 0 Å². The summed E-state index contributed by atoms with van der Waals surface area (Å²) in [6, 6.07) is 6.26. The van der Waals surface area contributed by atoms with Gasteiger partial charge in [-0.25, -0.2) is 0 Å². The number of rotatable bonds is 5. The van der Waals surface area contributed by atoms with Gasteiger partial charge in [-0.2, -0.15) is 11.8 Å². The lowest BCUT2D eigenvalue weighted by Crippen LogP contribution is -2.00. The molecule has 1 aromatic carbocycles. The molecule has 2 rings (SSSR count). The molecule has 0 saturated heterocycles. The van der Waals surface area contributed by atoms with E-state index in [-0.39, 0.29) is 0 Å². The van der Waals surface area contributed by atoms with E-state index in [9.17, 15) is 0 Å². The van der Waals surface area contributed by atoms with Crippen molar-refractivity contribution in [3.63, 3.8) is 0 Å². The Bertz CT molecular complexity index is 361. The minimum atomic E-state index is 0.602. The molecule has 0 aliphatic heterocycles. The molecule has 0 atom stereocenters. The first-order chi connectivity index (χ1) is 8.33. The number of ether oxygens (including phenoxy) is 1. The molecule has 94 valence electrons. The van der Waals surface area contributed by atoms with E-state index in [2.05, 4.69) is 17.8 Å². The summed E-state index contributed by atoms with van der Waals surface area (Å²) in [5, 5.41) is 0.848. The van der Waals surface area contributed by atoms with Gasteiger partial charge in [-0.1, -0.05) is 18.9 Å². The summed E-state index contributed by atoms with van der Waals surface area (Å²) in [4.78, 5) is 0. The number of hydrogen-bond donors (Lipinski definition) is 1. The van der Waals surface area contributed by atoms with E-state index >= 15 is 0 Å². The smallest absolute Gasteiger partial charge is 0.122 e. The van der Waals surface area contributed by atoms with Crippen LogP contribution in [0.3, 0.4) is 0 Å². The van der Waals surface area contributed by atoms with Crippen LogP contribution in [0.1, 0.15) is 36.8 Å². The zero-order chi connectivity index (χ0) is 12.1. The molecule has 0 heterocycles. The monoisotopic (exact) mass is 251 g/mol. The fourth-order valence-corrected chi connectivity index (χ4v) is 3.64. The highest BCUT2D eigenvalue weighted by Gasteiger charge is 2.16. The van der Waals surface area contributed by atoms with Gasteiger partial charge in [0, 0.05) is 23.1 Å². The van der Waals surface area contributed by atoms with E-state index in [1.165, 1.54) is 36.8 Å². The van der Waals surface area contributed by atoms with Crippen LogP contribution >= 0.6 is 11.8 Å². The quantitative estimate of drug-likeness (QED) is 0.872. The molecule has 1 aliphatic carbocycles. The maximum atomic E-state index is 5.68. The van der Waals surface area contributed by atoms with E-state index in [1.54, 1.807) is 7.11 Å². The van der Waals surface area contributed by atoms with Crippen LogP contribution in [-0.2, 0) is 12.3 Å². The molecule has 1 fully saturated rings. The number of methoxy groups -OCH3 is 1. The molecular weight excluding hydrogens is 230 g/mol. The summed E-state index contributed by atoms with van der Waals surface area (Å²) in [5.41, 5.74) is 8.15. The largest absolute Gasteiger partial charge is 0.496 e. The van der Waals surface area contributed by atoms with Crippen LogP contribution in [0.25, 0.3) is 0 Å². The Kier molecular flexibility index (Phi) is 4.75. The predicted octanol–water partition coefficient (Wildman–Crippen LogP) is 3.33. The molecule has 1 aromatic rings. The minimum absolute atomic E-state index is 0.602. The van der Waals surface area contributed by atoms with Crippen molar-refractivity contribution in [2.75, 3.05) is 7.11 Å². The summed E-state index contributed by atoms with van der Waals surface area (Å²) >= 11 is 2.07. The minimum Gasteiger partial charge on any atom is -0.496 e. The maximum absolute atomic E-state index is 5.68. The Morgan fingerprint density at radius 1 is 1.35 bits per heavy atom. The van der Waals surface area contributed by atoms with Gasteiger partial charge in [-0.05, 0) is 30.5 Å². The van der Waals surface area contributed by atoms with Crippen LogP contribution in [0.4, 0.5) is 0 Å². The van der Waals surface area contributed by atoms with E-state index in [4.69, 9.17) is 10.5 Å². The van der Waals surface area contributed by atoms with Crippen molar-refractivity contribution in [2.24, 2.45) is 5.73 Å². The lowest BCUT2D eigenvalue weighted by Gasteiger charge is -2.12. The fourth-order valence-electron chi connectivity index (χ4n) is 2.33. The summed E-state index contributed by atoms with van der Waals surface area (Å²) in [6.07, 6.45) is 5.56. The summed E-state index contributed by atoms with van der Waals surface area (Å²) in [7, 11) is 1.74. The normalized spacial score (nSPS) is 16.4. The number of hydrogen-bond acceptors (Lipinski definition) is 3. The van der Waals surface area contributed by atoms with Gasteiger partial charge in [-0.15, -0.1) is 0 Å². The van der Waals surface area contributed by atoms with Gasteiger partial charge in [-0.3, -0.25) is 0 Å². The molecule has 3 heteroatoms. The Hall–Kier alpha value is -0.670. The van der Waals surface area contributed by atoms with E-state index < -0.39 is 0 Å². The molecule has 0 aromatic heterocycles. The molecular formula is C14H21NOS. The molecule has 0 amide bonds. The number of benzene rings is 1. The van der Waals surface area contributed by atoms with Crippen LogP contribution < -0.4 is 10.5 Å². The first kappa shape index (κ1) is 12.8. The Morgan fingerprint density at radius 3 is 2.76 bits per heavy atom. The van der Waals surface area contributed by atoms with Gasteiger partial charge in [0.15, 0.2) is 0 Å². The van der Waals surface area contributed by atoms with Crippen molar-refractivity contribution in [3.8, 4) is 5.75 Å². The van der Waals surface area contributed by atoms with Crippen molar-refractivity contribution < 1.29 is 4.74 Å². The maximum Gasteiger partial charge on any atom is 0.122 e. The lowest BCUT2D eigenvalue weighted by molar-refractivity contribution is 0.411. The molecule has 0 unspecified atom stereocenters.